The summed E-state index contributed by atoms with van der Waals surface area (Å²) in [7, 11) is 1.92. The lowest BCUT2D eigenvalue weighted by atomic mass is 10.3. The van der Waals surface area contributed by atoms with Gasteiger partial charge in [-0.25, -0.2) is 4.39 Å². The molecule has 0 bridgehead atoms. The van der Waals surface area contributed by atoms with Crippen LogP contribution in [-0.2, 0) is 0 Å². The maximum Gasteiger partial charge on any atom is 0.125 e. The number of nitrogens with zero attached hydrogens (tertiary/aromatic N) is 1. The van der Waals surface area contributed by atoms with Crippen LogP contribution in [0.5, 0.6) is 5.75 Å². The van der Waals surface area contributed by atoms with Crippen LogP contribution < -0.4 is 9.64 Å². The van der Waals surface area contributed by atoms with Gasteiger partial charge in [0.15, 0.2) is 0 Å². The Morgan fingerprint density at radius 1 is 1.16 bits per heavy atom. The number of rotatable bonds is 5. The molecular formula is C15H15BrFNO. The zero-order valence-corrected chi connectivity index (χ0v) is 12.2. The second-order valence-electron chi connectivity index (χ2n) is 4.20. The highest BCUT2D eigenvalue weighted by molar-refractivity contribution is 9.10. The Morgan fingerprint density at radius 2 is 1.89 bits per heavy atom. The summed E-state index contributed by atoms with van der Waals surface area (Å²) in [4.78, 5) is 1.96. The quantitative estimate of drug-likeness (QED) is 0.821. The molecule has 4 heteroatoms. The van der Waals surface area contributed by atoms with Crippen molar-refractivity contribution >= 4 is 21.6 Å². The summed E-state index contributed by atoms with van der Waals surface area (Å²) in [5.41, 5.74) is 0.847. The van der Waals surface area contributed by atoms with E-state index in [1.807, 2.05) is 42.3 Å². The van der Waals surface area contributed by atoms with Gasteiger partial charge in [-0.15, -0.1) is 0 Å². The molecule has 2 aromatic rings. The standard InChI is InChI=1S/C15H15BrFNO/c1-18(14-4-2-3-13(17)11-14)9-10-19-15-7-5-12(16)6-8-15/h2-8,11H,9-10H2,1H3. The number of hydrogen-bond acceptors (Lipinski definition) is 2. The van der Waals surface area contributed by atoms with Crippen molar-refractivity contribution in [3.8, 4) is 5.75 Å². The Labute approximate surface area is 120 Å². The molecule has 0 fully saturated rings. The molecule has 0 spiro atoms. The minimum atomic E-state index is -0.224. The third-order valence-electron chi connectivity index (χ3n) is 2.76. The third kappa shape index (κ3) is 4.24. The predicted molar refractivity (Wildman–Crippen MR) is 79.3 cm³/mol. The number of likely N-dealkylation sites (N-methyl/N-ethyl adjacent to an activating group) is 1. The summed E-state index contributed by atoms with van der Waals surface area (Å²) in [6, 6.07) is 14.2. The molecule has 100 valence electrons. The molecule has 0 heterocycles. The van der Waals surface area contributed by atoms with Gasteiger partial charge >= 0.3 is 0 Å². The first kappa shape index (κ1) is 13.9. The van der Waals surface area contributed by atoms with Crippen molar-refractivity contribution in [1.29, 1.82) is 0 Å². The van der Waals surface area contributed by atoms with E-state index in [4.69, 9.17) is 4.74 Å². The van der Waals surface area contributed by atoms with Gasteiger partial charge in [0.2, 0.25) is 0 Å². The predicted octanol–water partition coefficient (Wildman–Crippen LogP) is 4.10. The zero-order chi connectivity index (χ0) is 13.7. The average Bonchev–Trinajstić information content (AvgIpc) is 2.41. The fourth-order valence-electron chi connectivity index (χ4n) is 1.67. The summed E-state index contributed by atoms with van der Waals surface area (Å²) in [6.45, 7) is 1.24. The van der Waals surface area contributed by atoms with Crippen LogP contribution in [0.2, 0.25) is 0 Å². The molecule has 0 aliphatic carbocycles. The second-order valence-corrected chi connectivity index (χ2v) is 5.12. The van der Waals surface area contributed by atoms with Crippen LogP contribution >= 0.6 is 15.9 Å². The Kier molecular flexibility index (Phi) is 4.80. The van der Waals surface area contributed by atoms with E-state index in [9.17, 15) is 4.39 Å². The summed E-state index contributed by atoms with van der Waals surface area (Å²) in [5.74, 6) is 0.606. The van der Waals surface area contributed by atoms with E-state index in [0.717, 1.165) is 15.9 Å². The van der Waals surface area contributed by atoms with E-state index >= 15 is 0 Å². The lowest BCUT2D eigenvalue weighted by molar-refractivity contribution is 0.326. The summed E-state index contributed by atoms with van der Waals surface area (Å²) in [5, 5.41) is 0. The van der Waals surface area contributed by atoms with Gasteiger partial charge in [0.05, 0.1) is 6.54 Å². The van der Waals surface area contributed by atoms with Gasteiger partial charge in [-0.1, -0.05) is 22.0 Å². The Bertz CT molecular complexity index is 530. The van der Waals surface area contributed by atoms with E-state index in [1.165, 1.54) is 12.1 Å². The third-order valence-corrected chi connectivity index (χ3v) is 3.29. The number of hydrogen-bond donors (Lipinski definition) is 0. The number of halogens is 2. The Balaban J connectivity index is 1.84. The summed E-state index contributed by atoms with van der Waals surface area (Å²) in [6.07, 6.45) is 0. The van der Waals surface area contributed by atoms with Crippen LogP contribution in [0.15, 0.2) is 53.0 Å². The average molecular weight is 324 g/mol. The van der Waals surface area contributed by atoms with E-state index in [2.05, 4.69) is 15.9 Å². The lowest BCUT2D eigenvalue weighted by Crippen LogP contribution is -2.23. The fourth-order valence-corrected chi connectivity index (χ4v) is 1.94. The van der Waals surface area contributed by atoms with Gasteiger partial charge in [0.25, 0.3) is 0 Å². The molecule has 19 heavy (non-hydrogen) atoms. The molecule has 0 radical (unpaired) electrons. The molecule has 0 amide bonds. The van der Waals surface area contributed by atoms with Crippen molar-refractivity contribution < 1.29 is 9.13 Å². The maximum absolute atomic E-state index is 13.1. The monoisotopic (exact) mass is 323 g/mol. The second kappa shape index (κ2) is 6.57. The van der Waals surface area contributed by atoms with Gasteiger partial charge in [-0.2, -0.15) is 0 Å². The molecule has 0 unspecified atom stereocenters. The van der Waals surface area contributed by atoms with Crippen molar-refractivity contribution in [2.24, 2.45) is 0 Å². The van der Waals surface area contributed by atoms with Crippen LogP contribution in [0, 0.1) is 5.82 Å². The van der Waals surface area contributed by atoms with Crippen LogP contribution in [-0.4, -0.2) is 20.2 Å². The number of benzene rings is 2. The van der Waals surface area contributed by atoms with Crippen LogP contribution in [0.25, 0.3) is 0 Å². The minimum Gasteiger partial charge on any atom is -0.492 e. The van der Waals surface area contributed by atoms with Crippen molar-refractivity contribution in [3.63, 3.8) is 0 Å². The minimum absolute atomic E-state index is 0.224. The van der Waals surface area contributed by atoms with E-state index in [1.54, 1.807) is 6.07 Å². The van der Waals surface area contributed by atoms with Gasteiger partial charge in [-0.05, 0) is 42.5 Å². The molecule has 2 rings (SSSR count). The molecule has 0 atom stereocenters. The molecule has 2 aromatic carbocycles. The van der Waals surface area contributed by atoms with E-state index in [-0.39, 0.29) is 5.82 Å². The highest BCUT2D eigenvalue weighted by Crippen LogP contribution is 2.17. The molecule has 0 aliphatic heterocycles. The van der Waals surface area contributed by atoms with Crippen LogP contribution in [0.3, 0.4) is 0 Å². The Hall–Kier alpha value is -1.55. The topological polar surface area (TPSA) is 12.5 Å². The molecule has 0 saturated carbocycles. The highest BCUT2D eigenvalue weighted by atomic mass is 79.9. The highest BCUT2D eigenvalue weighted by Gasteiger charge is 2.02. The number of ether oxygens (including phenoxy) is 1. The van der Waals surface area contributed by atoms with E-state index in [0.29, 0.717) is 13.2 Å². The first-order chi connectivity index (χ1) is 9.15. The number of anilines is 1. The molecule has 0 N–H and O–H groups in total. The smallest absolute Gasteiger partial charge is 0.125 e. The zero-order valence-electron chi connectivity index (χ0n) is 10.6. The van der Waals surface area contributed by atoms with Crippen molar-refractivity contribution in [3.05, 3.63) is 58.8 Å². The lowest BCUT2D eigenvalue weighted by Gasteiger charge is -2.19. The van der Waals surface area contributed by atoms with Gasteiger partial charge in [0, 0.05) is 17.2 Å². The Morgan fingerprint density at radius 3 is 2.58 bits per heavy atom. The fraction of sp³-hybridized carbons (Fsp3) is 0.200. The van der Waals surface area contributed by atoms with E-state index < -0.39 is 0 Å². The van der Waals surface area contributed by atoms with Gasteiger partial charge in [0.1, 0.15) is 18.2 Å². The summed E-state index contributed by atoms with van der Waals surface area (Å²) >= 11 is 3.37. The van der Waals surface area contributed by atoms with Crippen molar-refractivity contribution in [2.45, 2.75) is 0 Å². The molecule has 0 aliphatic rings. The molecular weight excluding hydrogens is 309 g/mol. The molecule has 0 saturated heterocycles. The van der Waals surface area contributed by atoms with Crippen LogP contribution in [0.4, 0.5) is 10.1 Å². The summed E-state index contributed by atoms with van der Waals surface area (Å²) < 4.78 is 19.7. The van der Waals surface area contributed by atoms with Crippen LogP contribution in [0.1, 0.15) is 0 Å². The van der Waals surface area contributed by atoms with Gasteiger partial charge in [-0.3, -0.25) is 0 Å². The molecule has 2 nitrogen and oxygen atoms in total. The first-order valence-corrected chi connectivity index (χ1v) is 6.79. The largest absolute Gasteiger partial charge is 0.492 e. The maximum atomic E-state index is 13.1. The first-order valence-electron chi connectivity index (χ1n) is 6.00. The molecule has 0 aromatic heterocycles. The van der Waals surface area contributed by atoms with Crippen molar-refractivity contribution in [2.75, 3.05) is 25.1 Å². The van der Waals surface area contributed by atoms with Gasteiger partial charge < -0.3 is 9.64 Å². The SMILES string of the molecule is CN(CCOc1ccc(Br)cc1)c1cccc(F)c1. The van der Waals surface area contributed by atoms with Crippen molar-refractivity contribution in [1.82, 2.24) is 0 Å². The normalized spacial score (nSPS) is 10.3.